The van der Waals surface area contributed by atoms with Crippen LogP contribution in [0.15, 0.2) is 30.5 Å². The van der Waals surface area contributed by atoms with Crippen LogP contribution in [0.1, 0.15) is 0 Å². The van der Waals surface area contributed by atoms with Crippen LogP contribution < -0.4 is 4.74 Å². The van der Waals surface area contributed by atoms with Gasteiger partial charge in [0.25, 0.3) is 0 Å². The van der Waals surface area contributed by atoms with Crippen molar-refractivity contribution >= 4 is 10.8 Å². The van der Waals surface area contributed by atoms with E-state index in [2.05, 4.69) is 11.1 Å². The minimum atomic E-state index is 0.762. The van der Waals surface area contributed by atoms with E-state index < -0.39 is 0 Å². The van der Waals surface area contributed by atoms with E-state index in [1.165, 1.54) is 5.39 Å². The summed E-state index contributed by atoms with van der Waals surface area (Å²) in [6, 6.07) is 8.00. The fourth-order valence-corrected chi connectivity index (χ4v) is 1.39. The van der Waals surface area contributed by atoms with Crippen molar-refractivity contribution in [2.45, 2.75) is 0 Å². The molecule has 2 heterocycles. The largest absolute Gasteiger partial charge is 0.437 e. The predicted octanol–water partition coefficient (Wildman–Crippen LogP) is 2.34. The maximum absolute atomic E-state index is 5.26. The quantitative estimate of drug-likeness (QED) is 0.482. The van der Waals surface area contributed by atoms with Gasteiger partial charge in [-0.05, 0) is 17.5 Å². The van der Waals surface area contributed by atoms with Gasteiger partial charge in [-0.2, -0.15) is 0 Å². The first-order chi connectivity index (χ1) is 5.45. The maximum Gasteiger partial charge on any atom is 0.230 e. The van der Waals surface area contributed by atoms with Crippen LogP contribution in [0.2, 0.25) is 0 Å². The van der Waals surface area contributed by atoms with E-state index in [9.17, 15) is 0 Å². The number of benzene rings is 1. The second kappa shape index (κ2) is 1.53. The van der Waals surface area contributed by atoms with Gasteiger partial charge in [0.05, 0.1) is 5.39 Å². The summed E-state index contributed by atoms with van der Waals surface area (Å²) < 4.78 is 5.26. The minimum absolute atomic E-state index is 0.762. The molecule has 0 aliphatic carbocycles. The highest BCUT2D eigenvalue weighted by Crippen LogP contribution is 2.43. The summed E-state index contributed by atoms with van der Waals surface area (Å²) in [5.41, 5.74) is 0. The molecule has 11 heavy (non-hydrogen) atoms. The van der Waals surface area contributed by atoms with E-state index in [1.807, 2.05) is 18.2 Å². The Morgan fingerprint density at radius 2 is 2.18 bits per heavy atom. The first-order valence-electron chi connectivity index (χ1n) is 3.51. The lowest BCUT2D eigenvalue weighted by molar-refractivity contribution is 0.441. The van der Waals surface area contributed by atoms with Gasteiger partial charge in [0.2, 0.25) is 5.88 Å². The number of ether oxygens (including phenoxy) is 1. The Labute approximate surface area is 63.4 Å². The molecule has 0 saturated heterocycles. The summed E-state index contributed by atoms with van der Waals surface area (Å²) in [6.45, 7) is 0. The average molecular weight is 143 g/mol. The van der Waals surface area contributed by atoms with Crippen LogP contribution in [-0.2, 0) is 0 Å². The van der Waals surface area contributed by atoms with Crippen LogP contribution in [0.25, 0.3) is 10.8 Å². The van der Waals surface area contributed by atoms with Gasteiger partial charge in [-0.15, -0.1) is 0 Å². The molecule has 0 unspecified atom stereocenters. The van der Waals surface area contributed by atoms with Gasteiger partial charge in [-0.25, -0.2) is 4.98 Å². The molecule has 1 aromatic carbocycles. The third kappa shape index (κ3) is 0.499. The van der Waals surface area contributed by atoms with Gasteiger partial charge >= 0.3 is 0 Å². The number of pyridine rings is 1. The number of hydrogen-bond donors (Lipinski definition) is 0. The molecule has 2 nitrogen and oxygen atoms in total. The van der Waals surface area contributed by atoms with Crippen LogP contribution in [0.5, 0.6) is 11.6 Å². The van der Waals surface area contributed by atoms with E-state index in [0.29, 0.717) is 0 Å². The van der Waals surface area contributed by atoms with Crippen molar-refractivity contribution in [2.24, 2.45) is 0 Å². The molecule has 0 atom stereocenters. The molecule has 0 N–H and O–H groups in total. The SMILES string of the molecule is c1cc2c3c(nccc3c1)O2. The lowest BCUT2D eigenvalue weighted by atomic mass is 10.1. The summed E-state index contributed by atoms with van der Waals surface area (Å²) >= 11 is 0. The van der Waals surface area contributed by atoms with Crippen LogP contribution in [0.4, 0.5) is 0 Å². The highest BCUT2D eigenvalue weighted by atomic mass is 16.5. The molecule has 0 radical (unpaired) electrons. The minimum Gasteiger partial charge on any atom is -0.437 e. The topological polar surface area (TPSA) is 22.1 Å². The smallest absolute Gasteiger partial charge is 0.230 e. The van der Waals surface area contributed by atoms with E-state index in [4.69, 9.17) is 4.74 Å². The van der Waals surface area contributed by atoms with Crippen LogP contribution in [-0.4, -0.2) is 4.98 Å². The predicted molar refractivity (Wildman–Crippen MR) is 41.8 cm³/mol. The summed E-state index contributed by atoms with van der Waals surface area (Å²) in [7, 11) is 0. The lowest BCUT2D eigenvalue weighted by Crippen LogP contribution is -1.98. The Bertz CT molecular complexity index is 400. The van der Waals surface area contributed by atoms with Gasteiger partial charge in [0.1, 0.15) is 5.75 Å². The summed E-state index contributed by atoms with van der Waals surface area (Å²) in [6.07, 6.45) is 1.76. The third-order valence-corrected chi connectivity index (χ3v) is 1.92. The van der Waals surface area contributed by atoms with E-state index in [-0.39, 0.29) is 0 Å². The molecule has 1 aromatic heterocycles. The highest BCUT2D eigenvalue weighted by Gasteiger charge is 2.18. The molecule has 0 saturated carbocycles. The number of hydrogen-bond acceptors (Lipinski definition) is 2. The zero-order valence-electron chi connectivity index (χ0n) is 5.74. The van der Waals surface area contributed by atoms with E-state index in [1.54, 1.807) is 6.20 Å². The molecule has 3 rings (SSSR count). The first-order valence-corrected chi connectivity index (χ1v) is 3.51. The number of rotatable bonds is 0. The normalized spacial score (nSPS) is 12.4. The first kappa shape index (κ1) is 5.13. The molecule has 2 heteroatoms. The van der Waals surface area contributed by atoms with Crippen molar-refractivity contribution in [3.63, 3.8) is 0 Å². The Morgan fingerprint density at radius 1 is 1.18 bits per heavy atom. The fourth-order valence-electron chi connectivity index (χ4n) is 1.39. The maximum atomic E-state index is 5.26. The van der Waals surface area contributed by atoms with Gasteiger partial charge in [-0.3, -0.25) is 0 Å². The molecular weight excluding hydrogens is 138 g/mol. The zero-order valence-corrected chi connectivity index (χ0v) is 5.74. The van der Waals surface area contributed by atoms with E-state index in [0.717, 1.165) is 17.0 Å². The van der Waals surface area contributed by atoms with Crippen molar-refractivity contribution in [1.29, 1.82) is 0 Å². The van der Waals surface area contributed by atoms with Gasteiger partial charge in [0, 0.05) is 6.20 Å². The number of aromatic nitrogens is 1. The van der Waals surface area contributed by atoms with Gasteiger partial charge < -0.3 is 4.74 Å². The van der Waals surface area contributed by atoms with Crippen LogP contribution >= 0.6 is 0 Å². The zero-order chi connectivity index (χ0) is 7.26. The van der Waals surface area contributed by atoms with Crippen molar-refractivity contribution in [2.75, 3.05) is 0 Å². The average Bonchev–Trinajstić information content (AvgIpc) is 2.01. The van der Waals surface area contributed by atoms with E-state index >= 15 is 0 Å². The monoisotopic (exact) mass is 143 g/mol. The standard InChI is InChI=1S/C9H5NO/c1-2-6-4-5-10-9-8(6)7(3-1)11-9/h1-5H. The molecule has 0 bridgehead atoms. The highest BCUT2D eigenvalue weighted by molar-refractivity contribution is 5.96. The second-order valence-corrected chi connectivity index (χ2v) is 2.57. The summed E-state index contributed by atoms with van der Waals surface area (Å²) in [4.78, 5) is 4.06. The van der Waals surface area contributed by atoms with Gasteiger partial charge in [-0.1, -0.05) is 12.1 Å². The van der Waals surface area contributed by atoms with Crippen molar-refractivity contribution in [1.82, 2.24) is 4.98 Å². The van der Waals surface area contributed by atoms with Crippen LogP contribution in [0, 0.1) is 0 Å². The molecule has 0 amide bonds. The van der Waals surface area contributed by atoms with Crippen LogP contribution in [0.3, 0.4) is 0 Å². The lowest BCUT2D eigenvalue weighted by Gasteiger charge is -2.18. The molecule has 1 aliphatic heterocycles. The molecule has 0 fully saturated rings. The summed E-state index contributed by atoms with van der Waals surface area (Å²) in [5, 5.41) is 2.37. The molecule has 2 aromatic rings. The Kier molecular flexibility index (Phi) is 0.714. The van der Waals surface area contributed by atoms with Gasteiger partial charge in [0.15, 0.2) is 0 Å². The molecule has 1 aliphatic rings. The van der Waals surface area contributed by atoms with Crippen molar-refractivity contribution < 1.29 is 4.74 Å². The molecule has 0 spiro atoms. The third-order valence-electron chi connectivity index (χ3n) is 1.92. The Hall–Kier alpha value is -1.57. The fraction of sp³-hybridized carbons (Fsp3) is 0. The Morgan fingerprint density at radius 3 is 3.09 bits per heavy atom. The molecule has 52 valence electrons. The number of nitrogens with zero attached hydrogens (tertiary/aromatic N) is 1. The van der Waals surface area contributed by atoms with Crippen molar-refractivity contribution in [3.05, 3.63) is 30.5 Å². The second-order valence-electron chi connectivity index (χ2n) is 2.57. The van der Waals surface area contributed by atoms with Crippen molar-refractivity contribution in [3.8, 4) is 11.6 Å². The molecular formula is C9H5NO. The Balaban J connectivity index is 2.61. The summed E-state index contributed by atoms with van der Waals surface area (Å²) in [5.74, 6) is 1.71.